The Morgan fingerprint density at radius 2 is 1.17 bits per heavy atom. The Bertz CT molecular complexity index is 2980. The van der Waals surface area contributed by atoms with E-state index in [1.807, 2.05) is 89.3 Å². The SMILES string of the molecule is Cc1cc(C)c(CN)c(=O)[nH]1.Cc1cc(C)c(CNC(=O)c2c(C)n(C(C)c3ccccc3)c3cccnc23)c(=O)[nH]1.Cc1cc2ncccc2n1C(C)c1ccccc1.O=C=O. The zero-order valence-electron chi connectivity index (χ0n) is 36.9. The number of nitrogens with one attached hydrogen (secondary N) is 3. The normalized spacial score (nSPS) is 11.5. The van der Waals surface area contributed by atoms with Crippen LogP contribution in [0.15, 0.2) is 125 Å². The second-order valence-electron chi connectivity index (χ2n) is 15.3. The first-order valence-corrected chi connectivity index (χ1v) is 20.6. The number of nitrogens with two attached hydrogens (primary N) is 1. The smallest absolute Gasteiger partial charge is 0.348 e. The summed E-state index contributed by atoms with van der Waals surface area (Å²) in [4.78, 5) is 67.4. The number of amides is 1. The Hall–Kier alpha value is -7.47. The molecule has 1 amide bonds. The van der Waals surface area contributed by atoms with Crippen molar-refractivity contribution in [2.75, 3.05) is 0 Å². The van der Waals surface area contributed by atoms with Crippen molar-refractivity contribution in [3.05, 3.63) is 198 Å². The molecule has 0 radical (unpaired) electrons. The molecule has 0 saturated carbocycles. The van der Waals surface area contributed by atoms with E-state index in [0.717, 1.165) is 44.8 Å². The topological polar surface area (TPSA) is 191 Å². The third-order valence-electron chi connectivity index (χ3n) is 11.0. The molecule has 6 heterocycles. The van der Waals surface area contributed by atoms with Crippen molar-refractivity contribution in [2.24, 2.45) is 5.73 Å². The van der Waals surface area contributed by atoms with Gasteiger partial charge < -0.3 is 30.2 Å². The van der Waals surface area contributed by atoms with E-state index < -0.39 is 0 Å². The van der Waals surface area contributed by atoms with Crippen molar-refractivity contribution in [2.45, 2.75) is 80.6 Å². The van der Waals surface area contributed by atoms with Gasteiger partial charge in [0.1, 0.15) is 5.52 Å². The van der Waals surface area contributed by atoms with Gasteiger partial charge in [-0.1, -0.05) is 60.7 Å². The van der Waals surface area contributed by atoms with Gasteiger partial charge in [0.2, 0.25) is 0 Å². The lowest BCUT2D eigenvalue weighted by molar-refractivity contribution is -0.191. The summed E-state index contributed by atoms with van der Waals surface area (Å²) in [6.45, 7) is 16.4. The number of carbonyl (C=O) groups excluding carboxylic acids is 3. The number of carbonyl (C=O) groups is 1. The molecular formula is C50H54N8O5. The standard InChI is InChI=1S/C25H26N4O2.C16H16N2.C8H12N2O.CO2/c1-15-13-16(2)28-24(30)20(15)14-27-25(31)22-18(4)29(21-11-8-12-26-23(21)22)17(3)19-9-6-5-7-10-19;1-12-11-15-16(9-6-10-17-15)18(12)13(2)14-7-4-3-5-8-14;1-5-3-6(2)10-8(11)7(5)4-9;2-1-3/h5-13,17H,14H2,1-4H3,(H,27,31)(H,28,30);3-11,13H,1-2H3;3H,4,9H2,1-2H3,(H,10,11);. The largest absolute Gasteiger partial charge is 0.373 e. The number of aromatic nitrogens is 6. The van der Waals surface area contributed by atoms with E-state index in [1.54, 1.807) is 6.20 Å². The van der Waals surface area contributed by atoms with E-state index in [2.05, 4.69) is 110 Å². The highest BCUT2D eigenvalue weighted by Gasteiger charge is 2.24. The van der Waals surface area contributed by atoms with Gasteiger partial charge in [0.15, 0.2) is 0 Å². The Morgan fingerprint density at radius 3 is 1.70 bits per heavy atom. The quantitative estimate of drug-likeness (QED) is 0.118. The maximum absolute atomic E-state index is 13.2. The Labute approximate surface area is 366 Å². The first-order valence-electron chi connectivity index (χ1n) is 20.6. The van der Waals surface area contributed by atoms with E-state index in [-0.39, 0.29) is 35.8 Å². The first kappa shape index (κ1) is 46.6. The van der Waals surface area contributed by atoms with Crippen molar-refractivity contribution in [3.8, 4) is 0 Å². The molecule has 0 saturated heterocycles. The molecule has 5 N–H and O–H groups in total. The van der Waals surface area contributed by atoms with Crippen molar-refractivity contribution in [1.29, 1.82) is 0 Å². The van der Waals surface area contributed by atoms with Crippen LogP contribution in [0.2, 0.25) is 0 Å². The van der Waals surface area contributed by atoms with Crippen molar-refractivity contribution in [3.63, 3.8) is 0 Å². The minimum atomic E-state index is -0.236. The highest BCUT2D eigenvalue weighted by molar-refractivity contribution is 6.07. The van der Waals surface area contributed by atoms with E-state index in [1.165, 1.54) is 16.8 Å². The van der Waals surface area contributed by atoms with Gasteiger partial charge in [0, 0.05) is 59.4 Å². The van der Waals surface area contributed by atoms with Crippen molar-refractivity contribution >= 4 is 34.1 Å². The summed E-state index contributed by atoms with van der Waals surface area (Å²) in [5.41, 5.74) is 18.8. The van der Waals surface area contributed by atoms with Gasteiger partial charge >= 0.3 is 6.15 Å². The van der Waals surface area contributed by atoms with Crippen LogP contribution in [0.25, 0.3) is 22.1 Å². The number of H-pyrrole nitrogens is 2. The third-order valence-corrected chi connectivity index (χ3v) is 11.0. The number of hydrogen-bond acceptors (Lipinski definition) is 8. The van der Waals surface area contributed by atoms with Crippen LogP contribution in [0.1, 0.15) is 92.4 Å². The van der Waals surface area contributed by atoms with Gasteiger partial charge in [-0.25, -0.2) is 0 Å². The lowest BCUT2D eigenvalue weighted by Crippen LogP contribution is -2.28. The van der Waals surface area contributed by atoms with E-state index in [0.29, 0.717) is 34.8 Å². The fourth-order valence-electron chi connectivity index (χ4n) is 7.98. The van der Waals surface area contributed by atoms with Gasteiger partial charge in [-0.15, -0.1) is 0 Å². The molecule has 6 aromatic heterocycles. The summed E-state index contributed by atoms with van der Waals surface area (Å²) < 4.78 is 4.49. The minimum Gasteiger partial charge on any atom is -0.348 e. The lowest BCUT2D eigenvalue weighted by Gasteiger charge is -2.18. The molecule has 0 fully saturated rings. The van der Waals surface area contributed by atoms with Crippen LogP contribution < -0.4 is 22.2 Å². The summed E-state index contributed by atoms with van der Waals surface area (Å²) in [5.74, 6) is -0.236. The highest BCUT2D eigenvalue weighted by Crippen LogP contribution is 2.31. The van der Waals surface area contributed by atoms with Crippen LogP contribution in [0.5, 0.6) is 0 Å². The van der Waals surface area contributed by atoms with Gasteiger partial charge in [-0.2, -0.15) is 9.59 Å². The number of pyridine rings is 4. The summed E-state index contributed by atoms with van der Waals surface area (Å²) in [6.07, 6.45) is 3.80. The fraction of sp³-hybridized carbons (Fsp3) is 0.240. The second-order valence-corrected chi connectivity index (χ2v) is 15.3. The second kappa shape index (κ2) is 21.4. The maximum Gasteiger partial charge on any atom is 0.373 e. The molecule has 0 bridgehead atoms. The molecule has 2 unspecified atom stereocenters. The van der Waals surface area contributed by atoms with E-state index in [4.69, 9.17) is 15.3 Å². The number of rotatable bonds is 8. The molecule has 2 atom stereocenters. The van der Waals surface area contributed by atoms with Crippen molar-refractivity contribution < 1.29 is 14.4 Å². The first-order chi connectivity index (χ1) is 30.2. The van der Waals surface area contributed by atoms with Gasteiger partial charge in [0.05, 0.1) is 34.2 Å². The van der Waals surface area contributed by atoms with Crippen LogP contribution >= 0.6 is 0 Å². The lowest BCUT2D eigenvalue weighted by atomic mass is 10.1. The molecule has 0 spiro atoms. The molecule has 8 aromatic rings. The molecule has 2 aromatic carbocycles. The van der Waals surface area contributed by atoms with Crippen molar-refractivity contribution in [1.82, 2.24) is 34.4 Å². The Balaban J connectivity index is 0.000000196. The summed E-state index contributed by atoms with van der Waals surface area (Å²) in [7, 11) is 0. The monoisotopic (exact) mass is 846 g/mol. The summed E-state index contributed by atoms with van der Waals surface area (Å²) in [6, 6.07) is 35.1. The third kappa shape index (κ3) is 10.9. The molecule has 8 rings (SSSR count). The van der Waals surface area contributed by atoms with Crippen LogP contribution in [0, 0.1) is 41.5 Å². The molecule has 0 aliphatic heterocycles. The maximum atomic E-state index is 13.2. The molecule has 324 valence electrons. The zero-order chi connectivity index (χ0) is 45.8. The average molecular weight is 847 g/mol. The molecule has 63 heavy (non-hydrogen) atoms. The number of aromatic amines is 2. The van der Waals surface area contributed by atoms with Gasteiger partial charge in [-0.05, 0) is 120 Å². The number of benzene rings is 2. The number of aryl methyl sites for hydroxylation is 5. The van der Waals surface area contributed by atoms with Crippen LogP contribution in [-0.4, -0.2) is 41.1 Å². The predicted octanol–water partition coefficient (Wildman–Crippen LogP) is 8.01. The van der Waals surface area contributed by atoms with E-state index >= 15 is 0 Å². The van der Waals surface area contributed by atoms with Crippen LogP contribution in [0.3, 0.4) is 0 Å². The van der Waals surface area contributed by atoms with Crippen LogP contribution in [0.4, 0.5) is 0 Å². The Morgan fingerprint density at radius 1 is 0.683 bits per heavy atom. The van der Waals surface area contributed by atoms with Crippen LogP contribution in [-0.2, 0) is 22.7 Å². The summed E-state index contributed by atoms with van der Waals surface area (Å²) >= 11 is 0. The fourth-order valence-corrected chi connectivity index (χ4v) is 7.98. The zero-order valence-corrected chi connectivity index (χ0v) is 36.9. The van der Waals surface area contributed by atoms with E-state index in [9.17, 15) is 14.4 Å². The van der Waals surface area contributed by atoms with Gasteiger partial charge in [0.25, 0.3) is 17.0 Å². The molecule has 13 nitrogen and oxygen atoms in total. The Kier molecular flexibility index (Phi) is 15.8. The summed E-state index contributed by atoms with van der Waals surface area (Å²) in [5, 5.41) is 2.93. The molecule has 0 aliphatic carbocycles. The molecule has 13 heteroatoms. The highest BCUT2D eigenvalue weighted by atomic mass is 16.2. The minimum absolute atomic E-state index is 0.0386. The predicted molar refractivity (Wildman–Crippen MR) is 247 cm³/mol. The molecular weight excluding hydrogens is 793 g/mol. The molecule has 0 aliphatic rings. The number of fused-ring (bicyclic) bond motifs is 2. The number of hydrogen-bond donors (Lipinski definition) is 4. The van der Waals surface area contributed by atoms with Gasteiger partial charge in [-0.3, -0.25) is 24.4 Å². The number of nitrogens with zero attached hydrogens (tertiary/aromatic N) is 4. The average Bonchev–Trinajstić information content (AvgIpc) is 3.76.